The number of aliphatic hydroxyl groups is 3. The molecule has 0 heterocycles. The Balaban J connectivity index is 2.82. The maximum absolute atomic E-state index is 10.3. The van der Waals surface area contributed by atoms with Crippen LogP contribution < -0.4 is 0 Å². The van der Waals surface area contributed by atoms with Crippen LogP contribution in [0.25, 0.3) is 0 Å². The van der Waals surface area contributed by atoms with E-state index >= 15 is 0 Å². The molecule has 0 saturated carbocycles. The zero-order valence-corrected chi connectivity index (χ0v) is 11.3. The molecule has 3 nitrogen and oxygen atoms in total. The Kier molecular flexibility index (Phi) is 6.33. The molecule has 3 N–H and O–H groups in total. The molecular weight excluding hydrogens is 228 g/mol. The lowest BCUT2D eigenvalue weighted by Crippen LogP contribution is -2.10. The monoisotopic (exact) mass is 252 g/mol. The van der Waals surface area contributed by atoms with E-state index in [0.29, 0.717) is 5.56 Å². The molecule has 2 atom stereocenters. The molecule has 102 valence electrons. The molecule has 0 saturated heterocycles. The molecule has 1 rings (SSSR count). The Morgan fingerprint density at radius 2 is 1.78 bits per heavy atom. The Bertz CT molecular complexity index is 363. The molecule has 1 aromatic carbocycles. The number of hydrogen-bond acceptors (Lipinski definition) is 3. The third kappa shape index (κ3) is 3.80. The average Bonchev–Trinajstić information content (AvgIpc) is 2.42. The van der Waals surface area contributed by atoms with Crippen LogP contribution in [-0.4, -0.2) is 15.3 Å². The van der Waals surface area contributed by atoms with Gasteiger partial charge in [-0.3, -0.25) is 0 Å². The van der Waals surface area contributed by atoms with Gasteiger partial charge in [0.25, 0.3) is 0 Å². The second kappa shape index (κ2) is 7.52. The topological polar surface area (TPSA) is 60.7 Å². The van der Waals surface area contributed by atoms with Crippen molar-refractivity contribution >= 4 is 0 Å². The standard InChI is InChI=1S/C15H24O3/c1-3-4-5-11(2)15(18)12-6-7-13(9-16)14(8-12)10-17/h6-8,11,15-18H,3-5,9-10H2,1-2H3. The van der Waals surface area contributed by atoms with E-state index in [1.54, 1.807) is 12.1 Å². The molecule has 2 unspecified atom stereocenters. The first-order valence-electron chi connectivity index (χ1n) is 6.65. The van der Waals surface area contributed by atoms with E-state index in [1.807, 2.05) is 13.0 Å². The first kappa shape index (κ1) is 15.2. The number of aliphatic hydroxyl groups excluding tert-OH is 3. The molecule has 0 amide bonds. The van der Waals surface area contributed by atoms with Crippen LogP contribution in [0.5, 0.6) is 0 Å². The van der Waals surface area contributed by atoms with Gasteiger partial charge in [-0.1, -0.05) is 44.9 Å². The van der Waals surface area contributed by atoms with Crippen LogP contribution in [0.1, 0.15) is 55.9 Å². The zero-order chi connectivity index (χ0) is 13.5. The summed E-state index contributed by atoms with van der Waals surface area (Å²) in [6.45, 7) is 3.98. The Morgan fingerprint density at radius 3 is 2.33 bits per heavy atom. The lowest BCUT2D eigenvalue weighted by atomic mass is 9.91. The lowest BCUT2D eigenvalue weighted by Gasteiger charge is -2.20. The van der Waals surface area contributed by atoms with Crippen LogP contribution in [-0.2, 0) is 13.2 Å². The summed E-state index contributed by atoms with van der Waals surface area (Å²) in [5, 5.41) is 28.6. The molecule has 3 heteroatoms. The molecule has 0 radical (unpaired) electrons. The number of rotatable bonds is 7. The average molecular weight is 252 g/mol. The van der Waals surface area contributed by atoms with Gasteiger partial charge >= 0.3 is 0 Å². The zero-order valence-electron chi connectivity index (χ0n) is 11.3. The van der Waals surface area contributed by atoms with E-state index in [0.717, 1.165) is 30.4 Å². The van der Waals surface area contributed by atoms with Crippen LogP contribution in [0, 0.1) is 5.92 Å². The third-order valence-electron chi connectivity index (χ3n) is 3.46. The fraction of sp³-hybridized carbons (Fsp3) is 0.600. The highest BCUT2D eigenvalue weighted by Gasteiger charge is 2.17. The normalized spacial score (nSPS) is 14.5. The van der Waals surface area contributed by atoms with Gasteiger partial charge in [0.15, 0.2) is 0 Å². The molecule has 0 aromatic heterocycles. The summed E-state index contributed by atoms with van der Waals surface area (Å²) in [5.74, 6) is 0.205. The van der Waals surface area contributed by atoms with Gasteiger partial charge in [0.05, 0.1) is 19.3 Å². The van der Waals surface area contributed by atoms with Crippen LogP contribution in [0.2, 0.25) is 0 Å². The summed E-state index contributed by atoms with van der Waals surface area (Å²) in [6.07, 6.45) is 2.73. The Labute approximate surface area is 109 Å². The van der Waals surface area contributed by atoms with Crippen LogP contribution >= 0.6 is 0 Å². The van der Waals surface area contributed by atoms with Crippen molar-refractivity contribution in [2.45, 2.75) is 52.4 Å². The van der Waals surface area contributed by atoms with Crippen molar-refractivity contribution in [3.8, 4) is 0 Å². The van der Waals surface area contributed by atoms with Crippen LogP contribution in [0.15, 0.2) is 18.2 Å². The van der Waals surface area contributed by atoms with E-state index in [2.05, 4.69) is 6.92 Å². The molecule has 0 aliphatic heterocycles. The second-order valence-corrected chi connectivity index (χ2v) is 4.91. The van der Waals surface area contributed by atoms with E-state index in [1.165, 1.54) is 0 Å². The van der Waals surface area contributed by atoms with E-state index in [9.17, 15) is 10.2 Å². The predicted molar refractivity (Wildman–Crippen MR) is 71.9 cm³/mol. The van der Waals surface area contributed by atoms with Crippen molar-refractivity contribution in [1.29, 1.82) is 0 Å². The molecule has 0 spiro atoms. The smallest absolute Gasteiger partial charge is 0.0815 e. The predicted octanol–water partition coefficient (Wildman–Crippen LogP) is 2.53. The van der Waals surface area contributed by atoms with Gasteiger partial charge in [0.1, 0.15) is 0 Å². The van der Waals surface area contributed by atoms with Crippen molar-refractivity contribution in [2.24, 2.45) is 5.92 Å². The van der Waals surface area contributed by atoms with E-state index in [4.69, 9.17) is 5.11 Å². The minimum Gasteiger partial charge on any atom is -0.392 e. The third-order valence-corrected chi connectivity index (χ3v) is 3.46. The summed E-state index contributed by atoms with van der Waals surface area (Å²) in [6, 6.07) is 5.40. The molecule has 0 fully saturated rings. The molecule has 1 aromatic rings. The lowest BCUT2D eigenvalue weighted by molar-refractivity contribution is 0.111. The van der Waals surface area contributed by atoms with Crippen molar-refractivity contribution in [1.82, 2.24) is 0 Å². The van der Waals surface area contributed by atoms with E-state index < -0.39 is 6.10 Å². The quantitative estimate of drug-likeness (QED) is 0.699. The highest BCUT2D eigenvalue weighted by Crippen LogP contribution is 2.27. The highest BCUT2D eigenvalue weighted by molar-refractivity contribution is 5.32. The van der Waals surface area contributed by atoms with Crippen LogP contribution in [0.4, 0.5) is 0 Å². The maximum Gasteiger partial charge on any atom is 0.0815 e. The number of unbranched alkanes of at least 4 members (excludes halogenated alkanes) is 1. The molecule has 0 bridgehead atoms. The molecule has 0 aliphatic rings. The van der Waals surface area contributed by atoms with Gasteiger partial charge in [-0.2, -0.15) is 0 Å². The second-order valence-electron chi connectivity index (χ2n) is 4.91. The minimum absolute atomic E-state index is 0.0857. The van der Waals surface area contributed by atoms with Crippen molar-refractivity contribution in [2.75, 3.05) is 0 Å². The molecule has 0 aliphatic carbocycles. The molecular formula is C15H24O3. The van der Waals surface area contributed by atoms with Gasteiger partial charge in [-0.05, 0) is 29.0 Å². The molecule has 18 heavy (non-hydrogen) atoms. The van der Waals surface area contributed by atoms with Gasteiger partial charge in [0, 0.05) is 0 Å². The number of hydrogen-bond donors (Lipinski definition) is 3. The van der Waals surface area contributed by atoms with E-state index in [-0.39, 0.29) is 19.1 Å². The SMILES string of the molecule is CCCCC(C)C(O)c1ccc(CO)c(CO)c1. The van der Waals surface area contributed by atoms with Gasteiger partial charge in [0.2, 0.25) is 0 Å². The minimum atomic E-state index is -0.505. The summed E-state index contributed by atoms with van der Waals surface area (Å²) in [4.78, 5) is 0. The van der Waals surface area contributed by atoms with Crippen molar-refractivity contribution < 1.29 is 15.3 Å². The highest BCUT2D eigenvalue weighted by atomic mass is 16.3. The fourth-order valence-electron chi connectivity index (χ4n) is 2.14. The maximum atomic E-state index is 10.3. The summed E-state index contributed by atoms with van der Waals surface area (Å²) >= 11 is 0. The Hall–Kier alpha value is -0.900. The Morgan fingerprint density at radius 1 is 1.11 bits per heavy atom. The largest absolute Gasteiger partial charge is 0.392 e. The summed E-state index contributed by atoms with van der Waals surface area (Å²) < 4.78 is 0. The van der Waals surface area contributed by atoms with Gasteiger partial charge in [-0.25, -0.2) is 0 Å². The van der Waals surface area contributed by atoms with Gasteiger partial charge < -0.3 is 15.3 Å². The number of benzene rings is 1. The summed E-state index contributed by atoms with van der Waals surface area (Å²) in [7, 11) is 0. The van der Waals surface area contributed by atoms with Gasteiger partial charge in [-0.15, -0.1) is 0 Å². The van der Waals surface area contributed by atoms with Crippen molar-refractivity contribution in [3.63, 3.8) is 0 Å². The van der Waals surface area contributed by atoms with Crippen LogP contribution in [0.3, 0.4) is 0 Å². The first-order chi connectivity index (χ1) is 8.63. The fourth-order valence-corrected chi connectivity index (χ4v) is 2.14. The summed E-state index contributed by atoms with van der Waals surface area (Å²) in [5.41, 5.74) is 2.23. The van der Waals surface area contributed by atoms with Crippen molar-refractivity contribution in [3.05, 3.63) is 34.9 Å². The first-order valence-corrected chi connectivity index (χ1v) is 6.65.